The number of rotatable bonds is 9. The van der Waals surface area contributed by atoms with Gasteiger partial charge in [-0.15, -0.1) is 11.6 Å². The lowest BCUT2D eigenvalue weighted by molar-refractivity contribution is -0.0470. The number of hydrogen-bond donors (Lipinski definition) is 6. The van der Waals surface area contributed by atoms with Crippen LogP contribution in [0, 0.1) is 5.82 Å². The van der Waals surface area contributed by atoms with Gasteiger partial charge < -0.3 is 29.4 Å². The van der Waals surface area contributed by atoms with Gasteiger partial charge in [-0.2, -0.15) is 13.0 Å². The first-order chi connectivity index (χ1) is 14.4. The molecule has 32 heavy (non-hydrogen) atoms. The van der Waals surface area contributed by atoms with Crippen molar-refractivity contribution in [2.45, 2.75) is 23.3 Å². The standard InChI is InChI=1S/C10H14ClF2N2O14P3/c11-10(3-12)6(16)5(27-8(10)15-1-4(13)7(17)14-9(15)18)2-26-31(22,23)29-32(24,25)28-30(19,20)21/h1,5-6,8,16H,2-3H2,(H,22,23)(H,24,25)(H,14,17,18)(H2,19,20,21)/t5-,6+,8-,10?/m1/s1. The number of nitrogens with zero attached hydrogens (tertiary/aromatic N) is 1. The summed E-state index contributed by atoms with van der Waals surface area (Å²) in [5, 5.41) is 10.2. The number of ether oxygens (including phenoxy) is 1. The number of aromatic nitrogens is 2. The van der Waals surface area contributed by atoms with Crippen molar-refractivity contribution in [3.63, 3.8) is 0 Å². The number of aliphatic hydroxyl groups is 1. The van der Waals surface area contributed by atoms with Gasteiger partial charge >= 0.3 is 29.2 Å². The van der Waals surface area contributed by atoms with Crippen molar-refractivity contribution in [1.82, 2.24) is 9.55 Å². The molecule has 22 heteroatoms. The Morgan fingerprint density at radius 3 is 2.31 bits per heavy atom. The van der Waals surface area contributed by atoms with Crippen molar-refractivity contribution in [2.24, 2.45) is 0 Å². The highest BCUT2D eigenvalue weighted by atomic mass is 35.5. The molecule has 0 spiro atoms. The van der Waals surface area contributed by atoms with E-state index in [0.29, 0.717) is 6.20 Å². The third kappa shape index (κ3) is 6.39. The molecule has 16 nitrogen and oxygen atoms in total. The lowest BCUT2D eigenvalue weighted by Crippen LogP contribution is -2.47. The van der Waals surface area contributed by atoms with Gasteiger partial charge in [-0.05, 0) is 0 Å². The van der Waals surface area contributed by atoms with Crippen LogP contribution in [0.25, 0.3) is 0 Å². The highest BCUT2D eigenvalue weighted by molar-refractivity contribution is 7.66. The Bertz CT molecular complexity index is 1120. The van der Waals surface area contributed by atoms with Crippen molar-refractivity contribution < 1.29 is 65.0 Å². The predicted octanol–water partition coefficient (Wildman–Crippen LogP) is -0.776. The fraction of sp³-hybridized carbons (Fsp3) is 0.600. The topological polar surface area (TPSA) is 244 Å². The third-order valence-corrected chi connectivity index (χ3v) is 8.07. The van der Waals surface area contributed by atoms with Crippen LogP contribution in [0.15, 0.2) is 15.8 Å². The van der Waals surface area contributed by atoms with Crippen molar-refractivity contribution in [2.75, 3.05) is 13.3 Å². The van der Waals surface area contributed by atoms with Crippen LogP contribution in [-0.2, 0) is 31.6 Å². The number of aliphatic hydroxyl groups excluding tert-OH is 1. The highest BCUT2D eigenvalue weighted by Gasteiger charge is 2.57. The normalized spacial score (nSPS) is 30.1. The minimum Gasteiger partial charge on any atom is -0.388 e. The molecule has 0 bridgehead atoms. The summed E-state index contributed by atoms with van der Waals surface area (Å²) in [4.78, 5) is 57.5. The van der Waals surface area contributed by atoms with Gasteiger partial charge in [0, 0.05) is 0 Å². The molecule has 1 aliphatic heterocycles. The summed E-state index contributed by atoms with van der Waals surface area (Å²) in [5.74, 6) is -1.50. The second-order valence-electron chi connectivity index (χ2n) is 6.06. The molecule has 1 fully saturated rings. The molecule has 1 saturated heterocycles. The largest absolute Gasteiger partial charge is 0.490 e. The summed E-state index contributed by atoms with van der Waals surface area (Å²) in [6.45, 7) is -2.85. The van der Waals surface area contributed by atoms with Crippen LogP contribution in [0.5, 0.6) is 0 Å². The fourth-order valence-corrected chi connectivity index (χ4v) is 5.81. The van der Waals surface area contributed by atoms with E-state index in [1.165, 1.54) is 4.98 Å². The number of nitrogens with one attached hydrogen (secondary N) is 1. The number of alkyl halides is 2. The van der Waals surface area contributed by atoms with Gasteiger partial charge in [0.25, 0.3) is 5.56 Å². The van der Waals surface area contributed by atoms with E-state index in [-0.39, 0.29) is 4.57 Å². The van der Waals surface area contributed by atoms with Crippen molar-refractivity contribution >= 4 is 35.1 Å². The van der Waals surface area contributed by atoms with Crippen LogP contribution in [0.2, 0.25) is 0 Å². The van der Waals surface area contributed by atoms with Crippen molar-refractivity contribution in [3.8, 4) is 0 Å². The van der Waals surface area contributed by atoms with Crippen LogP contribution in [0.1, 0.15) is 6.23 Å². The van der Waals surface area contributed by atoms with E-state index in [9.17, 15) is 42.1 Å². The Morgan fingerprint density at radius 1 is 1.19 bits per heavy atom. The van der Waals surface area contributed by atoms with Gasteiger partial charge in [0.05, 0.1) is 12.8 Å². The van der Waals surface area contributed by atoms with Gasteiger partial charge in [-0.25, -0.2) is 22.9 Å². The molecule has 2 heterocycles. The number of halogens is 3. The first kappa shape index (κ1) is 27.4. The van der Waals surface area contributed by atoms with E-state index in [2.05, 4.69) is 13.1 Å². The van der Waals surface area contributed by atoms with Gasteiger partial charge in [0.2, 0.25) is 5.82 Å². The lowest BCUT2D eigenvalue weighted by Gasteiger charge is -2.27. The Hall–Kier alpha value is -0.840. The van der Waals surface area contributed by atoms with Gasteiger partial charge in [-0.1, -0.05) is 0 Å². The lowest BCUT2D eigenvalue weighted by atomic mass is 10.00. The second kappa shape index (κ2) is 9.43. The van der Waals surface area contributed by atoms with Crippen molar-refractivity contribution in [1.29, 1.82) is 0 Å². The van der Waals surface area contributed by atoms with Crippen LogP contribution in [0.3, 0.4) is 0 Å². The molecule has 0 aliphatic carbocycles. The second-order valence-corrected chi connectivity index (χ2v) is 11.2. The molecule has 0 aromatic carbocycles. The van der Waals surface area contributed by atoms with Crippen LogP contribution in [0.4, 0.5) is 8.78 Å². The van der Waals surface area contributed by atoms with Crippen molar-refractivity contribution in [3.05, 3.63) is 32.9 Å². The molecule has 1 aromatic rings. The smallest absolute Gasteiger partial charge is 0.388 e. The van der Waals surface area contributed by atoms with E-state index in [0.717, 1.165) is 0 Å². The number of phosphoric ester groups is 1. The summed E-state index contributed by atoms with van der Waals surface area (Å²) < 4.78 is 77.4. The number of H-pyrrole nitrogens is 1. The van der Waals surface area contributed by atoms with E-state index in [4.69, 9.17) is 31.0 Å². The average molecular weight is 553 g/mol. The zero-order valence-corrected chi connectivity index (χ0v) is 18.5. The quantitative estimate of drug-likeness (QED) is 0.163. The molecule has 0 radical (unpaired) electrons. The molecular formula is C10H14ClF2N2O14P3. The van der Waals surface area contributed by atoms with Crippen LogP contribution >= 0.6 is 35.1 Å². The maximum Gasteiger partial charge on any atom is 0.490 e. The Labute approximate surface area is 179 Å². The predicted molar refractivity (Wildman–Crippen MR) is 95.6 cm³/mol. The monoisotopic (exact) mass is 552 g/mol. The Balaban J connectivity index is 2.22. The van der Waals surface area contributed by atoms with Crippen LogP contribution < -0.4 is 11.2 Å². The summed E-state index contributed by atoms with van der Waals surface area (Å²) in [6, 6.07) is 0. The van der Waals surface area contributed by atoms with Gasteiger partial charge in [0.15, 0.2) is 6.23 Å². The zero-order chi connectivity index (χ0) is 24.7. The van der Waals surface area contributed by atoms with E-state index in [1.54, 1.807) is 0 Å². The molecule has 0 amide bonds. The summed E-state index contributed by atoms with van der Waals surface area (Å²) >= 11 is 5.96. The number of hydrogen-bond acceptors (Lipinski definition) is 10. The first-order valence-electron chi connectivity index (χ1n) is 7.78. The number of aromatic amines is 1. The molecule has 1 aliphatic rings. The maximum absolute atomic E-state index is 13.6. The summed E-state index contributed by atoms with van der Waals surface area (Å²) in [7, 11) is -17.1. The summed E-state index contributed by atoms with van der Waals surface area (Å²) in [6.07, 6.45) is -5.65. The van der Waals surface area contributed by atoms with Gasteiger partial charge in [-0.3, -0.25) is 18.9 Å². The van der Waals surface area contributed by atoms with Crippen LogP contribution in [-0.4, -0.2) is 64.6 Å². The Morgan fingerprint density at radius 2 is 1.78 bits per heavy atom. The van der Waals surface area contributed by atoms with Gasteiger partial charge in [0.1, 0.15) is 23.8 Å². The maximum atomic E-state index is 13.6. The van der Waals surface area contributed by atoms with E-state index in [1.807, 2.05) is 0 Å². The number of phosphoric acid groups is 3. The minimum absolute atomic E-state index is 0.289. The molecule has 1 aromatic heterocycles. The summed E-state index contributed by atoms with van der Waals surface area (Å²) in [5.41, 5.74) is -2.74. The molecule has 6 N–H and O–H groups in total. The third-order valence-electron chi connectivity index (χ3n) is 3.76. The zero-order valence-electron chi connectivity index (χ0n) is 15.1. The Kier molecular flexibility index (Phi) is 8.07. The van der Waals surface area contributed by atoms with E-state index < -0.39 is 77.1 Å². The highest BCUT2D eigenvalue weighted by Crippen LogP contribution is 2.66. The molecule has 2 rings (SSSR count). The van der Waals surface area contributed by atoms with E-state index >= 15 is 0 Å². The SMILES string of the molecule is O=c1[nH]c(=O)n([C@@H]2O[C@H](COP(=O)(O)OP(=O)(O)OP(=O)(O)O)[C@H](O)C2(Cl)CF)cc1F. The molecule has 6 atom stereocenters. The molecule has 3 unspecified atom stereocenters. The first-order valence-corrected chi connectivity index (χ1v) is 12.7. The minimum atomic E-state index is -5.83. The molecule has 0 saturated carbocycles. The fourth-order valence-electron chi connectivity index (χ4n) is 2.49. The molecular weight excluding hydrogens is 538 g/mol. The average Bonchev–Trinajstić information content (AvgIpc) is 2.85. The molecule has 184 valence electrons.